The molecule has 0 saturated heterocycles. The fourth-order valence-corrected chi connectivity index (χ4v) is 3.81. The Bertz CT molecular complexity index is 1080. The van der Waals surface area contributed by atoms with Crippen LogP contribution in [0.2, 0.25) is 0 Å². The Morgan fingerprint density at radius 2 is 1.08 bits per heavy atom. The van der Waals surface area contributed by atoms with E-state index in [4.69, 9.17) is 0 Å². The highest BCUT2D eigenvalue weighted by atomic mass is 79.9. The van der Waals surface area contributed by atoms with Crippen LogP contribution in [0.5, 0.6) is 0 Å². The molecule has 0 spiro atoms. The lowest BCUT2D eigenvalue weighted by Gasteiger charge is -2.08. The van der Waals surface area contributed by atoms with Crippen LogP contribution in [0.3, 0.4) is 0 Å². The summed E-state index contributed by atoms with van der Waals surface area (Å²) >= 11 is 3.55. The minimum Gasteiger partial charge on any atom is -0.0622 e. The number of fused-ring (bicyclic) bond motifs is 2. The largest absolute Gasteiger partial charge is 0.0622 e. The molecule has 0 radical (unpaired) electrons. The molecule has 0 aliphatic heterocycles. The van der Waals surface area contributed by atoms with E-state index in [1.54, 1.807) is 0 Å². The van der Waals surface area contributed by atoms with E-state index in [1.807, 2.05) is 0 Å². The number of benzene rings is 4. The first kappa shape index (κ1) is 14.7. The Labute approximate surface area is 155 Å². The number of halogens is 1. The van der Waals surface area contributed by atoms with Crippen LogP contribution in [-0.4, -0.2) is 0 Å². The van der Waals surface area contributed by atoms with Crippen molar-refractivity contribution in [1.82, 2.24) is 0 Å². The van der Waals surface area contributed by atoms with Gasteiger partial charge in [0.05, 0.1) is 0 Å². The molecule has 0 fully saturated rings. The third kappa shape index (κ3) is 2.52. The van der Waals surface area contributed by atoms with E-state index in [9.17, 15) is 0 Å². The second-order valence-electron chi connectivity index (χ2n) is 6.37. The van der Waals surface area contributed by atoms with Gasteiger partial charge < -0.3 is 0 Å². The second kappa shape index (κ2) is 5.72. The summed E-state index contributed by atoms with van der Waals surface area (Å²) < 4.78 is 1.10. The van der Waals surface area contributed by atoms with Crippen molar-refractivity contribution in [3.63, 3.8) is 0 Å². The highest BCUT2D eigenvalue weighted by molar-refractivity contribution is 9.10. The van der Waals surface area contributed by atoms with Gasteiger partial charge >= 0.3 is 0 Å². The van der Waals surface area contributed by atoms with Crippen molar-refractivity contribution >= 4 is 37.8 Å². The summed E-state index contributed by atoms with van der Waals surface area (Å²) in [6, 6.07) is 32.5. The van der Waals surface area contributed by atoms with Gasteiger partial charge in [-0.05, 0) is 68.4 Å². The van der Waals surface area contributed by atoms with Crippen molar-refractivity contribution in [2.75, 3.05) is 0 Å². The minimum atomic E-state index is 1.10. The van der Waals surface area contributed by atoms with E-state index < -0.39 is 0 Å². The summed E-state index contributed by atoms with van der Waals surface area (Å²) in [5, 5.41) is 2.61. The van der Waals surface area contributed by atoms with E-state index in [1.165, 1.54) is 44.2 Å². The predicted molar refractivity (Wildman–Crippen MR) is 110 cm³/mol. The van der Waals surface area contributed by atoms with Gasteiger partial charge in [-0.2, -0.15) is 0 Å². The van der Waals surface area contributed by atoms with Crippen molar-refractivity contribution in [1.29, 1.82) is 0 Å². The van der Waals surface area contributed by atoms with E-state index in [-0.39, 0.29) is 0 Å². The normalized spacial score (nSPS) is 12.1. The minimum absolute atomic E-state index is 1.10. The van der Waals surface area contributed by atoms with Crippen molar-refractivity contribution in [3.8, 4) is 0 Å². The molecule has 0 bridgehead atoms. The fraction of sp³-hybridized carbons (Fsp3) is 0. The molecule has 5 rings (SSSR count). The Kier molecular flexibility index (Phi) is 3.36. The predicted octanol–water partition coefficient (Wildman–Crippen LogP) is 6.92. The third-order valence-electron chi connectivity index (χ3n) is 4.81. The summed E-state index contributed by atoms with van der Waals surface area (Å²) in [5.74, 6) is 0. The first-order valence-electron chi connectivity index (χ1n) is 8.40. The summed E-state index contributed by atoms with van der Waals surface area (Å²) in [6.45, 7) is 0. The van der Waals surface area contributed by atoms with Gasteiger partial charge in [-0.25, -0.2) is 0 Å². The molecule has 0 amide bonds. The van der Waals surface area contributed by atoms with Crippen LogP contribution in [0.25, 0.3) is 21.9 Å². The van der Waals surface area contributed by atoms with E-state index in [0.717, 1.165) is 4.47 Å². The molecule has 1 aliphatic rings. The molecule has 0 saturated carbocycles. The lowest BCUT2D eigenvalue weighted by molar-refractivity contribution is 1.54. The highest BCUT2D eigenvalue weighted by Gasteiger charge is 2.30. The quantitative estimate of drug-likeness (QED) is 0.310. The Hall–Kier alpha value is -2.64. The van der Waals surface area contributed by atoms with E-state index in [0.29, 0.717) is 0 Å². The summed E-state index contributed by atoms with van der Waals surface area (Å²) in [4.78, 5) is 0. The topological polar surface area (TPSA) is 0 Å². The van der Waals surface area contributed by atoms with Crippen LogP contribution in [0.15, 0.2) is 95.5 Å². The number of hydrogen-bond acceptors (Lipinski definition) is 0. The lowest BCUT2D eigenvalue weighted by atomic mass is 9.96. The smallest absolute Gasteiger partial charge is 0.0175 e. The van der Waals surface area contributed by atoms with Gasteiger partial charge in [0.25, 0.3) is 0 Å². The number of hydrogen-bond donors (Lipinski definition) is 0. The van der Waals surface area contributed by atoms with Crippen LogP contribution in [0.1, 0.15) is 22.3 Å². The van der Waals surface area contributed by atoms with Crippen molar-refractivity contribution in [3.05, 3.63) is 118 Å². The number of rotatable bonds is 2. The van der Waals surface area contributed by atoms with Gasteiger partial charge in [0, 0.05) is 4.47 Å². The van der Waals surface area contributed by atoms with Gasteiger partial charge in [-0.1, -0.05) is 82.7 Å². The SMILES string of the molecule is Brc1ccc(C(=C2c3cc4ccccc4cc32)c2ccccc2)cc1. The molecule has 0 unspecified atom stereocenters. The summed E-state index contributed by atoms with van der Waals surface area (Å²) in [6.07, 6.45) is 0. The van der Waals surface area contributed by atoms with Crippen molar-refractivity contribution in [2.24, 2.45) is 0 Å². The zero-order valence-corrected chi connectivity index (χ0v) is 15.1. The summed E-state index contributed by atoms with van der Waals surface area (Å²) in [7, 11) is 0. The molecule has 4 aromatic rings. The molecule has 1 heteroatoms. The molecular weight excluding hydrogens is 368 g/mol. The maximum absolute atomic E-state index is 3.55. The molecule has 0 atom stereocenters. The monoisotopic (exact) mass is 382 g/mol. The molecule has 0 N–H and O–H groups in total. The van der Waals surface area contributed by atoms with E-state index in [2.05, 4.69) is 107 Å². The average molecular weight is 383 g/mol. The maximum atomic E-state index is 3.55. The van der Waals surface area contributed by atoms with Gasteiger partial charge in [-0.3, -0.25) is 0 Å². The molecule has 1 aliphatic carbocycles. The zero-order valence-electron chi connectivity index (χ0n) is 13.5. The second-order valence-corrected chi connectivity index (χ2v) is 7.28. The van der Waals surface area contributed by atoms with Crippen LogP contribution < -0.4 is 0 Å². The third-order valence-corrected chi connectivity index (χ3v) is 5.34. The molecule has 4 aromatic carbocycles. The first-order chi connectivity index (χ1) is 12.3. The Morgan fingerprint density at radius 3 is 1.68 bits per heavy atom. The van der Waals surface area contributed by atoms with Crippen molar-refractivity contribution < 1.29 is 0 Å². The van der Waals surface area contributed by atoms with Crippen LogP contribution in [-0.2, 0) is 0 Å². The molecule has 0 aromatic heterocycles. The Morgan fingerprint density at radius 1 is 0.560 bits per heavy atom. The molecule has 118 valence electrons. The average Bonchev–Trinajstić information content (AvgIpc) is 3.35. The molecule has 25 heavy (non-hydrogen) atoms. The highest BCUT2D eigenvalue weighted by Crippen LogP contribution is 2.50. The van der Waals surface area contributed by atoms with Gasteiger partial charge in [-0.15, -0.1) is 0 Å². The lowest BCUT2D eigenvalue weighted by Crippen LogP contribution is -1.87. The van der Waals surface area contributed by atoms with Crippen LogP contribution in [0, 0.1) is 0 Å². The summed E-state index contributed by atoms with van der Waals surface area (Å²) in [5.41, 5.74) is 7.97. The van der Waals surface area contributed by atoms with Crippen LogP contribution in [0.4, 0.5) is 0 Å². The van der Waals surface area contributed by atoms with Crippen LogP contribution >= 0.6 is 15.9 Å². The van der Waals surface area contributed by atoms with Gasteiger partial charge in [0.2, 0.25) is 0 Å². The fourth-order valence-electron chi connectivity index (χ4n) is 3.55. The molecule has 0 heterocycles. The first-order valence-corrected chi connectivity index (χ1v) is 9.20. The zero-order chi connectivity index (χ0) is 16.8. The van der Waals surface area contributed by atoms with E-state index >= 15 is 0 Å². The Balaban J connectivity index is 1.76. The van der Waals surface area contributed by atoms with Gasteiger partial charge in [0.1, 0.15) is 0 Å². The molecular formula is C24H15Br. The maximum Gasteiger partial charge on any atom is 0.0175 e. The van der Waals surface area contributed by atoms with Crippen molar-refractivity contribution in [2.45, 2.75) is 0 Å². The van der Waals surface area contributed by atoms with Gasteiger partial charge in [0.15, 0.2) is 0 Å². The molecule has 0 nitrogen and oxygen atoms in total. The standard InChI is InChI=1S/C24H15Br/c25-20-12-10-17(11-13-20)23(16-6-2-1-3-7-16)24-21-14-18-8-4-5-9-19(18)15-22(21)24/h1-15H.